The summed E-state index contributed by atoms with van der Waals surface area (Å²) in [6.07, 6.45) is -16.4. The minimum Gasteiger partial charge on any atom is -0.463 e. The molecule has 2 saturated heterocycles. The number of nitro groups is 1. The number of esters is 7. The molecule has 1 aromatic rings. The molecule has 0 unspecified atom stereocenters. The van der Waals surface area contributed by atoms with Crippen LogP contribution in [-0.4, -0.2) is 121 Å². The van der Waals surface area contributed by atoms with Crippen molar-refractivity contribution in [1.82, 2.24) is 0 Å². The van der Waals surface area contributed by atoms with Crippen molar-refractivity contribution in [3.63, 3.8) is 0 Å². The van der Waals surface area contributed by atoms with Gasteiger partial charge in [0, 0.05) is 60.6 Å². The van der Waals surface area contributed by atoms with E-state index in [9.17, 15) is 43.7 Å². The normalized spacial score (nSPS) is 27.9. The van der Waals surface area contributed by atoms with Gasteiger partial charge in [-0.05, 0) is 12.1 Å². The van der Waals surface area contributed by atoms with Crippen LogP contribution in [0.1, 0.15) is 48.5 Å². The van der Waals surface area contributed by atoms with Crippen LogP contribution in [0.25, 0.3) is 0 Å². The number of nitrogens with zero attached hydrogens (tertiary/aromatic N) is 1. The van der Waals surface area contributed by atoms with Crippen LogP contribution in [0.15, 0.2) is 24.3 Å². The Bertz CT molecular complexity index is 1530. The molecule has 10 atom stereocenters. The van der Waals surface area contributed by atoms with Crippen molar-refractivity contribution in [1.29, 1.82) is 0 Å². The van der Waals surface area contributed by atoms with Crippen LogP contribution in [0.3, 0.4) is 0 Å². The molecule has 1 aromatic carbocycles. The Balaban J connectivity index is 2.16. The van der Waals surface area contributed by atoms with Gasteiger partial charge in [0.05, 0.1) is 4.92 Å². The van der Waals surface area contributed by atoms with E-state index in [-0.39, 0.29) is 11.4 Å². The minimum absolute atomic E-state index is 0.0236. The molecule has 53 heavy (non-hydrogen) atoms. The number of carbonyl (C=O) groups is 7. The van der Waals surface area contributed by atoms with Gasteiger partial charge in [0.1, 0.15) is 37.3 Å². The van der Waals surface area contributed by atoms with Crippen molar-refractivity contribution in [2.75, 3.05) is 13.2 Å². The standard InChI is InChI=1S/C32H39NO20/c1-14(34)43-12-23-25(45-16(3)36)27(46-17(4)37)30(49-20(7)40)32(52-23)53-26-24(13-44-15(2)35)51-31(29(48-19(6)39)28(26)47-18(5)38)50-22-10-8-21(9-11-22)33(41)42/h8-11,23-32H,12-13H2,1-7H3/t23-,24+,25-,26+,27+,28-,29+,30-,31+,32+/m0/s1. The van der Waals surface area contributed by atoms with Crippen molar-refractivity contribution in [3.8, 4) is 5.75 Å². The van der Waals surface area contributed by atoms with E-state index >= 15 is 0 Å². The van der Waals surface area contributed by atoms with E-state index in [1.807, 2.05) is 0 Å². The molecule has 3 rings (SSSR count). The number of rotatable bonds is 14. The molecule has 292 valence electrons. The fourth-order valence-electron chi connectivity index (χ4n) is 5.35. The molecule has 0 saturated carbocycles. The quantitative estimate of drug-likeness (QED) is 0.109. The molecular formula is C32H39NO20. The summed E-state index contributed by atoms with van der Waals surface area (Å²) in [7, 11) is 0. The number of ether oxygens (including phenoxy) is 11. The fraction of sp³-hybridized carbons (Fsp3) is 0.594. The largest absolute Gasteiger partial charge is 0.463 e. The molecule has 0 amide bonds. The lowest BCUT2D eigenvalue weighted by Gasteiger charge is -2.48. The molecule has 21 heteroatoms. The van der Waals surface area contributed by atoms with E-state index in [1.165, 1.54) is 12.1 Å². The van der Waals surface area contributed by atoms with Gasteiger partial charge < -0.3 is 52.1 Å². The number of benzene rings is 1. The maximum atomic E-state index is 12.5. The molecular weight excluding hydrogens is 718 g/mol. The lowest BCUT2D eigenvalue weighted by Crippen LogP contribution is -2.67. The molecule has 0 spiro atoms. The number of hydrogen-bond acceptors (Lipinski definition) is 20. The first kappa shape index (κ1) is 42.0. The van der Waals surface area contributed by atoms with Crippen molar-refractivity contribution >= 4 is 47.5 Å². The SMILES string of the molecule is CC(=O)OC[C@@H]1O[C@H](O[C@H]2[C@H](OC(C)=O)[C@@H](OC(C)=O)[C@H](Oc3ccc([N+](=O)[O-])cc3)O[C@@H]2COC(C)=O)[C@@H](OC(C)=O)[C@H](OC(C)=O)[C@H]1OC(C)=O. The highest BCUT2D eigenvalue weighted by Crippen LogP contribution is 2.36. The average Bonchev–Trinajstić information content (AvgIpc) is 3.03. The molecule has 2 aliphatic heterocycles. The van der Waals surface area contributed by atoms with Crippen LogP contribution in [0.5, 0.6) is 5.75 Å². The van der Waals surface area contributed by atoms with Crippen molar-refractivity contribution in [2.45, 2.75) is 110 Å². The zero-order chi connectivity index (χ0) is 39.6. The molecule has 2 heterocycles. The van der Waals surface area contributed by atoms with Crippen LogP contribution in [0, 0.1) is 10.1 Å². The first-order chi connectivity index (χ1) is 24.9. The lowest BCUT2D eigenvalue weighted by molar-refractivity contribution is -0.384. The lowest BCUT2D eigenvalue weighted by atomic mass is 9.96. The summed E-state index contributed by atoms with van der Waals surface area (Å²) < 4.78 is 61.9. The van der Waals surface area contributed by atoms with Gasteiger partial charge in [-0.25, -0.2) is 0 Å². The predicted octanol–water partition coefficient (Wildman–Crippen LogP) is 0.593. The van der Waals surface area contributed by atoms with Gasteiger partial charge >= 0.3 is 41.8 Å². The number of non-ortho nitro benzene ring substituents is 1. The highest BCUT2D eigenvalue weighted by molar-refractivity contribution is 5.69. The molecule has 2 aliphatic rings. The van der Waals surface area contributed by atoms with E-state index in [0.717, 1.165) is 60.6 Å². The second-order valence-corrected chi connectivity index (χ2v) is 11.5. The highest BCUT2D eigenvalue weighted by Gasteiger charge is 2.58. The Hall–Kier alpha value is -5.41. The Labute approximate surface area is 301 Å². The van der Waals surface area contributed by atoms with E-state index < -0.39 is 121 Å². The maximum Gasteiger partial charge on any atom is 0.303 e. The van der Waals surface area contributed by atoms with Gasteiger partial charge in [0.15, 0.2) is 30.7 Å². The van der Waals surface area contributed by atoms with Crippen LogP contribution in [0.2, 0.25) is 0 Å². The van der Waals surface area contributed by atoms with Gasteiger partial charge in [-0.2, -0.15) is 0 Å². The first-order valence-electron chi connectivity index (χ1n) is 15.9. The molecule has 2 fully saturated rings. The van der Waals surface area contributed by atoms with E-state index in [0.29, 0.717) is 0 Å². The van der Waals surface area contributed by atoms with Crippen molar-refractivity contribution in [2.24, 2.45) is 0 Å². The average molecular weight is 758 g/mol. The smallest absolute Gasteiger partial charge is 0.303 e. The second-order valence-electron chi connectivity index (χ2n) is 11.5. The predicted molar refractivity (Wildman–Crippen MR) is 167 cm³/mol. The van der Waals surface area contributed by atoms with Crippen molar-refractivity contribution < 1.29 is 90.6 Å². The molecule has 0 N–H and O–H groups in total. The molecule has 0 aliphatic carbocycles. The number of carbonyl (C=O) groups excluding carboxylic acids is 7. The highest BCUT2D eigenvalue weighted by atomic mass is 16.8. The van der Waals surface area contributed by atoms with Crippen LogP contribution in [0.4, 0.5) is 5.69 Å². The summed E-state index contributed by atoms with van der Waals surface area (Å²) in [6.45, 7) is 6.00. The van der Waals surface area contributed by atoms with Gasteiger partial charge in [0.25, 0.3) is 5.69 Å². The molecule has 0 aromatic heterocycles. The molecule has 21 nitrogen and oxygen atoms in total. The fourth-order valence-corrected chi connectivity index (χ4v) is 5.35. The third kappa shape index (κ3) is 12.4. The second kappa shape index (κ2) is 18.9. The minimum atomic E-state index is -1.85. The van der Waals surface area contributed by atoms with E-state index in [1.54, 1.807) is 0 Å². The molecule has 0 bridgehead atoms. The van der Waals surface area contributed by atoms with Gasteiger partial charge in [0.2, 0.25) is 12.4 Å². The Morgan fingerprint density at radius 1 is 0.547 bits per heavy atom. The Morgan fingerprint density at radius 2 is 0.925 bits per heavy atom. The monoisotopic (exact) mass is 757 g/mol. The van der Waals surface area contributed by atoms with Gasteiger partial charge in [-0.3, -0.25) is 43.7 Å². The van der Waals surface area contributed by atoms with Crippen LogP contribution < -0.4 is 4.74 Å². The number of nitro benzene ring substituents is 1. The van der Waals surface area contributed by atoms with E-state index in [2.05, 4.69) is 0 Å². The summed E-state index contributed by atoms with van der Waals surface area (Å²) in [5, 5.41) is 11.2. The third-order valence-corrected chi connectivity index (χ3v) is 7.19. The van der Waals surface area contributed by atoms with Gasteiger partial charge in [-0.15, -0.1) is 0 Å². The Morgan fingerprint density at radius 3 is 1.36 bits per heavy atom. The van der Waals surface area contributed by atoms with E-state index in [4.69, 9.17) is 52.1 Å². The summed E-state index contributed by atoms with van der Waals surface area (Å²) in [4.78, 5) is 96.0. The number of hydrogen-bond donors (Lipinski definition) is 0. The first-order valence-corrected chi connectivity index (χ1v) is 15.9. The topological polar surface area (TPSA) is 264 Å². The summed E-state index contributed by atoms with van der Waals surface area (Å²) in [5.41, 5.74) is -0.276. The zero-order valence-corrected chi connectivity index (χ0v) is 29.6. The summed E-state index contributed by atoms with van der Waals surface area (Å²) >= 11 is 0. The summed E-state index contributed by atoms with van der Waals surface area (Å²) in [6, 6.07) is 4.67. The van der Waals surface area contributed by atoms with Crippen LogP contribution in [-0.2, 0) is 80.9 Å². The van der Waals surface area contributed by atoms with Crippen LogP contribution >= 0.6 is 0 Å². The Kier molecular flexibility index (Phi) is 15.0. The zero-order valence-electron chi connectivity index (χ0n) is 29.6. The summed E-state index contributed by atoms with van der Waals surface area (Å²) in [5.74, 6) is -6.22. The molecule has 0 radical (unpaired) electrons. The third-order valence-electron chi connectivity index (χ3n) is 7.19. The maximum absolute atomic E-state index is 12.5. The van der Waals surface area contributed by atoms with Gasteiger partial charge in [-0.1, -0.05) is 0 Å². The van der Waals surface area contributed by atoms with Crippen molar-refractivity contribution in [3.05, 3.63) is 34.4 Å².